The Morgan fingerprint density at radius 3 is 2.55 bits per heavy atom. The van der Waals surface area contributed by atoms with Gasteiger partial charge in [0.25, 0.3) is 0 Å². The van der Waals surface area contributed by atoms with Gasteiger partial charge >= 0.3 is 13.2 Å². The number of aromatic nitrogens is 1. The molecule has 1 N–H and O–H groups in total. The first-order valence-corrected chi connectivity index (χ1v) is 11.8. The van der Waals surface area contributed by atoms with Gasteiger partial charge in [-0.25, -0.2) is 4.79 Å². The number of nitrogens with zero attached hydrogens (tertiary/aromatic N) is 2. The fourth-order valence-electron chi connectivity index (χ4n) is 4.34. The van der Waals surface area contributed by atoms with Gasteiger partial charge < -0.3 is 24.3 Å². The summed E-state index contributed by atoms with van der Waals surface area (Å²) in [6.45, 7) is 15.5. The fraction of sp³-hybridized carbons (Fsp3) is 0.600. The smallest absolute Gasteiger partial charge is 0.444 e. The third-order valence-electron chi connectivity index (χ3n) is 6.75. The Kier molecular flexibility index (Phi) is 6.12. The molecule has 1 aromatic heterocycles. The van der Waals surface area contributed by atoms with E-state index in [0.29, 0.717) is 0 Å². The molecular formula is C25H36BN3O4. The lowest BCUT2D eigenvalue weighted by atomic mass is 9.78. The van der Waals surface area contributed by atoms with Crippen molar-refractivity contribution in [1.29, 1.82) is 0 Å². The number of hydrogen-bond acceptors (Lipinski definition) is 6. The third kappa shape index (κ3) is 5.12. The van der Waals surface area contributed by atoms with Crippen molar-refractivity contribution in [2.45, 2.75) is 84.2 Å². The minimum atomic E-state index is -0.510. The summed E-state index contributed by atoms with van der Waals surface area (Å²) in [4.78, 5) is 19.2. The molecule has 8 heteroatoms. The van der Waals surface area contributed by atoms with Gasteiger partial charge in [0.05, 0.1) is 16.7 Å². The summed E-state index contributed by atoms with van der Waals surface area (Å²) in [6, 6.07) is 8.27. The van der Waals surface area contributed by atoms with Gasteiger partial charge in [0.1, 0.15) is 5.60 Å². The second-order valence-corrected chi connectivity index (χ2v) is 11.1. The lowest BCUT2D eigenvalue weighted by Crippen LogP contribution is -2.49. The molecule has 1 amide bonds. The number of nitrogens with one attached hydrogen (secondary N) is 1. The summed E-state index contributed by atoms with van der Waals surface area (Å²) in [6.07, 6.45) is 3.40. The molecule has 0 saturated carbocycles. The van der Waals surface area contributed by atoms with Crippen LogP contribution in [0.4, 0.5) is 10.5 Å². The van der Waals surface area contributed by atoms with Crippen LogP contribution in [-0.2, 0) is 14.0 Å². The van der Waals surface area contributed by atoms with E-state index in [-0.39, 0.29) is 12.1 Å². The maximum atomic E-state index is 12.3. The largest absolute Gasteiger partial charge is 0.494 e. The lowest BCUT2D eigenvalue weighted by molar-refractivity contribution is 0.00578. The Morgan fingerprint density at radius 2 is 1.88 bits per heavy atom. The normalized spacial score (nSPS) is 22.5. The number of pyridine rings is 1. The van der Waals surface area contributed by atoms with Crippen molar-refractivity contribution < 1.29 is 18.8 Å². The third-order valence-corrected chi connectivity index (χ3v) is 6.75. The van der Waals surface area contributed by atoms with Gasteiger partial charge in [-0.15, -0.1) is 0 Å². The topological polar surface area (TPSA) is 72.9 Å². The van der Waals surface area contributed by atoms with Crippen LogP contribution in [0.25, 0.3) is 10.9 Å². The molecule has 2 fully saturated rings. The van der Waals surface area contributed by atoms with E-state index in [9.17, 15) is 4.79 Å². The van der Waals surface area contributed by atoms with Crippen LogP contribution in [0, 0.1) is 0 Å². The molecule has 0 unspecified atom stereocenters. The molecule has 2 saturated heterocycles. The van der Waals surface area contributed by atoms with Crippen LogP contribution in [0.15, 0.2) is 30.5 Å². The molecule has 0 bridgehead atoms. The zero-order valence-corrected chi connectivity index (χ0v) is 20.9. The maximum absolute atomic E-state index is 12.3. The summed E-state index contributed by atoms with van der Waals surface area (Å²) in [7, 11) is -0.421. The van der Waals surface area contributed by atoms with Gasteiger partial charge in [0.2, 0.25) is 0 Å². The first kappa shape index (κ1) is 23.8. The predicted octanol–water partition coefficient (Wildman–Crippen LogP) is 4.03. The van der Waals surface area contributed by atoms with Crippen LogP contribution in [0.2, 0.25) is 0 Å². The molecule has 1 aromatic carbocycles. The number of anilines is 1. The van der Waals surface area contributed by atoms with E-state index in [4.69, 9.17) is 14.0 Å². The summed E-state index contributed by atoms with van der Waals surface area (Å²) in [5, 5.41) is 4.10. The summed E-state index contributed by atoms with van der Waals surface area (Å²) in [5.41, 5.74) is 1.72. The van der Waals surface area contributed by atoms with Crippen LogP contribution >= 0.6 is 0 Å². The number of carbonyl (C=O) groups excluding carboxylic acids is 1. The van der Waals surface area contributed by atoms with Crippen molar-refractivity contribution in [3.05, 3.63) is 30.5 Å². The van der Waals surface area contributed by atoms with E-state index in [1.54, 1.807) is 0 Å². The minimum Gasteiger partial charge on any atom is -0.444 e. The Labute approximate surface area is 197 Å². The van der Waals surface area contributed by atoms with E-state index in [1.165, 1.54) is 0 Å². The number of piperidine rings is 1. The summed E-state index contributed by atoms with van der Waals surface area (Å²) in [5.74, 6) is 0. The van der Waals surface area contributed by atoms with Crippen molar-refractivity contribution in [3.63, 3.8) is 0 Å². The highest BCUT2D eigenvalue weighted by molar-refractivity contribution is 6.62. The second-order valence-electron chi connectivity index (χ2n) is 11.1. The molecule has 2 aliphatic rings. The van der Waals surface area contributed by atoms with Crippen LogP contribution in [0.3, 0.4) is 0 Å². The van der Waals surface area contributed by atoms with Crippen LogP contribution in [-0.4, -0.2) is 54.1 Å². The van der Waals surface area contributed by atoms with Gasteiger partial charge in [-0.1, -0.05) is 12.1 Å². The summed E-state index contributed by atoms with van der Waals surface area (Å²) < 4.78 is 18.0. The monoisotopic (exact) mass is 453 g/mol. The average Bonchev–Trinajstić information content (AvgIpc) is 2.93. The van der Waals surface area contributed by atoms with Gasteiger partial charge in [0.15, 0.2) is 0 Å². The first-order chi connectivity index (χ1) is 15.3. The van der Waals surface area contributed by atoms with Gasteiger partial charge in [-0.05, 0) is 78.9 Å². The van der Waals surface area contributed by atoms with Crippen molar-refractivity contribution in [3.8, 4) is 0 Å². The lowest BCUT2D eigenvalue weighted by Gasteiger charge is -2.35. The molecule has 4 rings (SSSR count). The highest BCUT2D eigenvalue weighted by atomic mass is 16.7. The minimum absolute atomic E-state index is 0.0306. The molecule has 1 atom stereocenters. The molecular weight excluding hydrogens is 417 g/mol. The Bertz CT molecular complexity index is 1020. The van der Waals surface area contributed by atoms with E-state index in [0.717, 1.165) is 48.0 Å². The molecule has 178 valence electrons. The number of carbonyl (C=O) groups is 1. The quantitative estimate of drug-likeness (QED) is 0.708. The highest BCUT2D eigenvalue weighted by Crippen LogP contribution is 2.37. The van der Waals surface area contributed by atoms with Crippen molar-refractivity contribution in [2.24, 2.45) is 0 Å². The predicted molar refractivity (Wildman–Crippen MR) is 132 cm³/mol. The van der Waals surface area contributed by atoms with E-state index in [2.05, 4.69) is 49.0 Å². The molecule has 33 heavy (non-hydrogen) atoms. The molecule has 2 aromatic rings. The van der Waals surface area contributed by atoms with Crippen molar-refractivity contribution in [2.75, 3.05) is 18.0 Å². The van der Waals surface area contributed by atoms with Crippen molar-refractivity contribution in [1.82, 2.24) is 10.3 Å². The molecule has 7 nitrogen and oxygen atoms in total. The van der Waals surface area contributed by atoms with E-state index < -0.39 is 23.9 Å². The van der Waals surface area contributed by atoms with Crippen molar-refractivity contribution >= 4 is 35.3 Å². The first-order valence-electron chi connectivity index (χ1n) is 11.8. The average molecular weight is 453 g/mol. The van der Waals surface area contributed by atoms with Crippen LogP contribution in [0.1, 0.15) is 61.3 Å². The highest BCUT2D eigenvalue weighted by Gasteiger charge is 2.51. The number of hydrogen-bond donors (Lipinski definition) is 1. The van der Waals surface area contributed by atoms with Gasteiger partial charge in [-0.3, -0.25) is 4.98 Å². The van der Waals surface area contributed by atoms with E-state index in [1.807, 2.05) is 45.2 Å². The number of amides is 1. The zero-order chi connectivity index (χ0) is 24.0. The Balaban J connectivity index is 1.56. The Morgan fingerprint density at radius 1 is 1.18 bits per heavy atom. The standard InChI is InChI=1S/C25H36BN3O4/c1-23(2,3)31-22(30)28-18-9-8-14-29(16-18)21-12-13-27-20-11-10-17(15-19(20)21)26-32-24(4,5)25(6,7)33-26/h10-13,15,18H,8-9,14,16H2,1-7H3,(H,28,30)/t18-/m0/s1. The fourth-order valence-corrected chi connectivity index (χ4v) is 4.34. The van der Waals surface area contributed by atoms with E-state index >= 15 is 0 Å². The maximum Gasteiger partial charge on any atom is 0.494 e. The number of benzene rings is 1. The summed E-state index contributed by atoms with van der Waals surface area (Å²) >= 11 is 0. The second kappa shape index (κ2) is 8.47. The SMILES string of the molecule is CC(C)(C)OC(=O)N[C@H]1CCCN(c2ccnc3ccc(B4OC(C)(C)C(C)(C)O4)cc23)C1. The number of rotatable bonds is 3. The zero-order valence-electron chi connectivity index (χ0n) is 20.9. The number of fused-ring (bicyclic) bond motifs is 1. The molecule has 0 radical (unpaired) electrons. The van der Waals surface area contributed by atoms with Gasteiger partial charge in [-0.2, -0.15) is 0 Å². The van der Waals surface area contributed by atoms with Crippen LogP contribution < -0.4 is 15.7 Å². The molecule has 0 aliphatic carbocycles. The van der Waals surface area contributed by atoms with Gasteiger partial charge in [0, 0.05) is 36.4 Å². The Hall–Kier alpha value is -2.32. The van der Waals surface area contributed by atoms with Crippen LogP contribution in [0.5, 0.6) is 0 Å². The number of alkyl carbamates (subject to hydrolysis) is 1. The molecule has 2 aliphatic heterocycles. The number of ether oxygens (including phenoxy) is 1. The molecule has 0 spiro atoms. The molecule has 3 heterocycles.